The summed E-state index contributed by atoms with van der Waals surface area (Å²) in [7, 11) is 1.89. The van der Waals surface area contributed by atoms with E-state index in [1.807, 2.05) is 25.8 Å². The third-order valence-corrected chi connectivity index (χ3v) is 4.18. The van der Waals surface area contributed by atoms with Crippen LogP contribution in [0.15, 0.2) is 0 Å². The largest absolute Gasteiger partial charge is 0.335 e. The van der Waals surface area contributed by atoms with Crippen LogP contribution in [-0.4, -0.2) is 38.5 Å². The predicted octanol–water partition coefficient (Wildman–Crippen LogP) is 2.43. The van der Waals surface area contributed by atoms with Gasteiger partial charge in [-0.25, -0.2) is 0 Å². The van der Waals surface area contributed by atoms with Gasteiger partial charge in [-0.2, -0.15) is 5.10 Å². The summed E-state index contributed by atoms with van der Waals surface area (Å²) < 4.78 is 1.79. The first-order valence-corrected chi connectivity index (χ1v) is 7.55. The van der Waals surface area contributed by atoms with Gasteiger partial charge in [0.1, 0.15) is 0 Å². The Kier molecular flexibility index (Phi) is 4.10. The minimum absolute atomic E-state index is 0.141. The lowest BCUT2D eigenvalue weighted by molar-refractivity contribution is 0.0598. The van der Waals surface area contributed by atoms with E-state index in [1.165, 1.54) is 6.42 Å². The molecule has 2 rings (SSSR count). The van der Waals surface area contributed by atoms with Crippen molar-refractivity contribution in [1.29, 1.82) is 0 Å². The molecule has 0 aliphatic heterocycles. The van der Waals surface area contributed by atoms with Crippen LogP contribution in [0.25, 0.3) is 0 Å². The van der Waals surface area contributed by atoms with Gasteiger partial charge in [-0.3, -0.25) is 9.48 Å². The van der Waals surface area contributed by atoms with Crippen molar-refractivity contribution < 1.29 is 4.79 Å². The average Bonchev–Trinajstić information content (AvgIpc) is 2.49. The quantitative estimate of drug-likeness (QED) is 0.801. The molecule has 0 radical (unpaired) electrons. The molecule has 4 nitrogen and oxygen atoms in total. The highest BCUT2D eigenvalue weighted by molar-refractivity contribution is 9.09. The molecule has 0 bridgehead atoms. The lowest BCUT2D eigenvalue weighted by Crippen LogP contribution is -2.45. The molecule has 0 aromatic carbocycles. The van der Waals surface area contributed by atoms with Gasteiger partial charge in [0.2, 0.25) is 0 Å². The lowest BCUT2D eigenvalue weighted by Gasteiger charge is -2.37. The second kappa shape index (κ2) is 5.43. The molecule has 0 atom stereocenters. The summed E-state index contributed by atoms with van der Waals surface area (Å²) in [5, 5.41) is 5.16. The highest BCUT2D eigenvalue weighted by atomic mass is 79.9. The van der Waals surface area contributed by atoms with Crippen molar-refractivity contribution in [2.45, 2.75) is 39.2 Å². The number of hydrogen-bond donors (Lipinski definition) is 0. The molecule has 1 aliphatic carbocycles. The minimum Gasteiger partial charge on any atom is -0.335 e. The molecule has 1 saturated carbocycles. The molecule has 18 heavy (non-hydrogen) atoms. The van der Waals surface area contributed by atoms with Crippen LogP contribution in [0.4, 0.5) is 0 Å². The maximum Gasteiger partial charge on any atom is 0.257 e. The van der Waals surface area contributed by atoms with E-state index in [2.05, 4.69) is 21.0 Å². The lowest BCUT2D eigenvalue weighted by atomic mass is 9.91. The van der Waals surface area contributed by atoms with Crippen LogP contribution in [0, 0.1) is 13.8 Å². The predicted molar refractivity (Wildman–Crippen MR) is 75.2 cm³/mol. The third-order valence-electron chi connectivity index (χ3n) is 3.82. The molecule has 1 aliphatic rings. The van der Waals surface area contributed by atoms with Gasteiger partial charge in [-0.05, 0) is 33.1 Å². The highest BCUT2D eigenvalue weighted by Crippen LogP contribution is 2.27. The van der Waals surface area contributed by atoms with Crippen molar-refractivity contribution in [2.24, 2.45) is 7.05 Å². The summed E-state index contributed by atoms with van der Waals surface area (Å²) in [6.07, 6.45) is 3.51. The zero-order chi connectivity index (χ0) is 13.3. The van der Waals surface area contributed by atoms with Crippen molar-refractivity contribution >= 4 is 21.8 Å². The average molecular weight is 314 g/mol. The monoisotopic (exact) mass is 313 g/mol. The second-order valence-electron chi connectivity index (χ2n) is 4.94. The van der Waals surface area contributed by atoms with Gasteiger partial charge >= 0.3 is 0 Å². The molecular formula is C13H20BrN3O. The van der Waals surface area contributed by atoms with Crippen LogP contribution in [0.2, 0.25) is 0 Å². The van der Waals surface area contributed by atoms with E-state index in [4.69, 9.17) is 0 Å². The summed E-state index contributed by atoms with van der Waals surface area (Å²) in [5.74, 6) is 0.141. The Hall–Kier alpha value is -0.840. The van der Waals surface area contributed by atoms with Gasteiger partial charge in [0, 0.05) is 30.7 Å². The van der Waals surface area contributed by atoms with Crippen LogP contribution >= 0.6 is 15.9 Å². The number of carbonyl (C=O) groups excluding carboxylic acids is 1. The summed E-state index contributed by atoms with van der Waals surface area (Å²) >= 11 is 3.44. The molecule has 1 fully saturated rings. The standard InChI is InChI=1S/C13H20BrN3O/c1-9-12(10(2)16(3)15-9)13(18)17(8-7-14)11-5-4-6-11/h11H,4-8H2,1-3H3. The van der Waals surface area contributed by atoms with E-state index in [1.54, 1.807) is 4.68 Å². The molecule has 1 aromatic rings. The fourth-order valence-electron chi connectivity index (χ4n) is 2.47. The Balaban J connectivity index is 2.26. The zero-order valence-electron chi connectivity index (χ0n) is 11.2. The van der Waals surface area contributed by atoms with Gasteiger partial charge < -0.3 is 4.90 Å². The first-order valence-electron chi connectivity index (χ1n) is 6.43. The fourth-order valence-corrected chi connectivity index (χ4v) is 2.85. The molecule has 100 valence electrons. The van der Waals surface area contributed by atoms with Gasteiger partial charge in [0.05, 0.1) is 11.3 Å². The van der Waals surface area contributed by atoms with E-state index in [9.17, 15) is 4.79 Å². The van der Waals surface area contributed by atoms with E-state index in [0.717, 1.165) is 41.7 Å². The molecule has 1 amide bonds. The molecule has 0 spiro atoms. The van der Waals surface area contributed by atoms with E-state index < -0.39 is 0 Å². The van der Waals surface area contributed by atoms with Crippen molar-refractivity contribution in [3.8, 4) is 0 Å². The van der Waals surface area contributed by atoms with Gasteiger partial charge in [-0.15, -0.1) is 0 Å². The van der Waals surface area contributed by atoms with E-state index in [0.29, 0.717) is 6.04 Å². The molecule has 0 unspecified atom stereocenters. The third kappa shape index (κ3) is 2.32. The SMILES string of the molecule is Cc1nn(C)c(C)c1C(=O)N(CCBr)C1CCC1. The highest BCUT2D eigenvalue weighted by Gasteiger charge is 2.31. The Morgan fingerprint density at radius 3 is 2.56 bits per heavy atom. The number of hydrogen-bond acceptors (Lipinski definition) is 2. The van der Waals surface area contributed by atoms with Crippen molar-refractivity contribution in [3.05, 3.63) is 17.0 Å². The maximum atomic E-state index is 12.7. The number of amides is 1. The van der Waals surface area contributed by atoms with Crippen LogP contribution < -0.4 is 0 Å². The number of carbonyl (C=O) groups is 1. The van der Waals surface area contributed by atoms with Crippen LogP contribution in [0.1, 0.15) is 41.0 Å². The molecule has 0 saturated heterocycles. The molecule has 1 heterocycles. The number of nitrogens with zero attached hydrogens (tertiary/aromatic N) is 3. The molecule has 5 heteroatoms. The number of rotatable bonds is 4. The van der Waals surface area contributed by atoms with Gasteiger partial charge in [0.15, 0.2) is 0 Å². The molecular weight excluding hydrogens is 294 g/mol. The molecule has 1 aromatic heterocycles. The summed E-state index contributed by atoms with van der Waals surface area (Å²) in [6, 6.07) is 0.425. The van der Waals surface area contributed by atoms with Crippen molar-refractivity contribution in [1.82, 2.24) is 14.7 Å². The summed E-state index contributed by atoms with van der Waals surface area (Å²) in [4.78, 5) is 14.7. The van der Waals surface area contributed by atoms with Crippen LogP contribution in [0.3, 0.4) is 0 Å². The Labute approximate surface area is 116 Å². The number of alkyl halides is 1. The smallest absolute Gasteiger partial charge is 0.257 e. The zero-order valence-corrected chi connectivity index (χ0v) is 12.8. The first-order chi connectivity index (χ1) is 8.56. The maximum absolute atomic E-state index is 12.7. The van der Waals surface area contributed by atoms with Gasteiger partial charge in [0.25, 0.3) is 5.91 Å². The topological polar surface area (TPSA) is 38.1 Å². The number of aryl methyl sites for hydroxylation is 2. The number of halogens is 1. The fraction of sp³-hybridized carbons (Fsp3) is 0.692. The van der Waals surface area contributed by atoms with E-state index in [-0.39, 0.29) is 5.91 Å². The minimum atomic E-state index is 0.141. The van der Waals surface area contributed by atoms with Crippen molar-refractivity contribution in [2.75, 3.05) is 11.9 Å². The Bertz CT molecular complexity index is 451. The normalized spacial score (nSPS) is 15.6. The van der Waals surface area contributed by atoms with Crippen molar-refractivity contribution in [3.63, 3.8) is 0 Å². The Morgan fingerprint density at radius 2 is 2.17 bits per heavy atom. The second-order valence-corrected chi connectivity index (χ2v) is 5.73. The van der Waals surface area contributed by atoms with Crippen LogP contribution in [-0.2, 0) is 7.05 Å². The summed E-state index contributed by atoms with van der Waals surface area (Å²) in [5.41, 5.74) is 2.57. The molecule has 0 N–H and O–H groups in total. The van der Waals surface area contributed by atoms with Gasteiger partial charge in [-0.1, -0.05) is 15.9 Å². The number of aromatic nitrogens is 2. The van der Waals surface area contributed by atoms with E-state index >= 15 is 0 Å². The Morgan fingerprint density at radius 1 is 1.50 bits per heavy atom. The summed E-state index contributed by atoms with van der Waals surface area (Å²) in [6.45, 7) is 4.64. The first kappa shape index (κ1) is 13.6. The van der Waals surface area contributed by atoms with Crippen LogP contribution in [0.5, 0.6) is 0 Å².